The summed E-state index contributed by atoms with van der Waals surface area (Å²) in [5, 5.41) is 0. The first-order valence-electron chi connectivity index (χ1n) is 5.26. The highest BCUT2D eigenvalue weighted by Gasteiger charge is 1.99. The van der Waals surface area contributed by atoms with Gasteiger partial charge in [-0.25, -0.2) is 0 Å². The topological polar surface area (TPSA) is 26.0 Å². The van der Waals surface area contributed by atoms with E-state index >= 15 is 0 Å². The fraction of sp³-hybridized carbons (Fsp3) is 0.143. The molecule has 0 saturated carbocycles. The zero-order valence-corrected chi connectivity index (χ0v) is 10.3. The minimum Gasteiger partial charge on any atom is -0.399 e. The van der Waals surface area contributed by atoms with Crippen LogP contribution in [-0.2, 0) is 0 Å². The van der Waals surface area contributed by atoms with E-state index in [9.17, 15) is 0 Å². The Bertz CT molecular complexity index is 506. The molecule has 16 heavy (non-hydrogen) atoms. The number of benzene rings is 2. The molecule has 0 aliphatic heterocycles. The Labute approximate surface area is 101 Å². The Morgan fingerprint density at radius 3 is 2.31 bits per heavy atom. The van der Waals surface area contributed by atoms with Gasteiger partial charge in [-0.1, -0.05) is 23.9 Å². The number of aryl methyl sites for hydroxylation is 2. The number of hydrogen-bond acceptors (Lipinski definition) is 2. The second-order valence-corrected chi connectivity index (χ2v) is 5.07. The lowest BCUT2D eigenvalue weighted by Crippen LogP contribution is -1.84. The number of hydrogen-bond donors (Lipinski definition) is 1. The van der Waals surface area contributed by atoms with Crippen LogP contribution in [0.2, 0.25) is 0 Å². The van der Waals surface area contributed by atoms with Gasteiger partial charge in [-0.15, -0.1) is 0 Å². The van der Waals surface area contributed by atoms with Crippen LogP contribution in [0.3, 0.4) is 0 Å². The molecule has 1 nitrogen and oxygen atoms in total. The summed E-state index contributed by atoms with van der Waals surface area (Å²) in [5.41, 5.74) is 9.22. The van der Waals surface area contributed by atoms with Gasteiger partial charge in [0, 0.05) is 15.5 Å². The maximum absolute atomic E-state index is 5.75. The highest BCUT2D eigenvalue weighted by molar-refractivity contribution is 7.99. The van der Waals surface area contributed by atoms with E-state index in [1.54, 1.807) is 11.8 Å². The summed E-state index contributed by atoms with van der Waals surface area (Å²) in [6.07, 6.45) is 0. The Hall–Kier alpha value is -1.41. The highest BCUT2D eigenvalue weighted by atomic mass is 32.2. The second-order valence-electron chi connectivity index (χ2n) is 3.92. The summed E-state index contributed by atoms with van der Waals surface area (Å²) in [4.78, 5) is 2.44. The minimum atomic E-state index is 0.814. The van der Waals surface area contributed by atoms with E-state index in [1.165, 1.54) is 20.9 Å². The van der Waals surface area contributed by atoms with Crippen LogP contribution < -0.4 is 5.73 Å². The van der Waals surface area contributed by atoms with Gasteiger partial charge in [0.05, 0.1) is 0 Å². The van der Waals surface area contributed by atoms with E-state index < -0.39 is 0 Å². The highest BCUT2D eigenvalue weighted by Crippen LogP contribution is 2.29. The summed E-state index contributed by atoms with van der Waals surface area (Å²) < 4.78 is 0. The van der Waals surface area contributed by atoms with Crippen LogP contribution >= 0.6 is 11.8 Å². The molecular formula is C14H15NS. The van der Waals surface area contributed by atoms with Crippen molar-refractivity contribution < 1.29 is 0 Å². The van der Waals surface area contributed by atoms with Gasteiger partial charge in [-0.05, 0) is 55.3 Å². The summed E-state index contributed by atoms with van der Waals surface area (Å²) in [5.74, 6) is 0. The van der Waals surface area contributed by atoms with Gasteiger partial charge in [0.1, 0.15) is 0 Å². The first kappa shape index (κ1) is 11.1. The quantitative estimate of drug-likeness (QED) is 0.787. The van der Waals surface area contributed by atoms with E-state index in [0.29, 0.717) is 0 Å². The smallest absolute Gasteiger partial charge is 0.0325 e. The first-order valence-corrected chi connectivity index (χ1v) is 6.07. The van der Waals surface area contributed by atoms with Gasteiger partial charge >= 0.3 is 0 Å². The van der Waals surface area contributed by atoms with Crippen LogP contribution in [-0.4, -0.2) is 0 Å². The van der Waals surface area contributed by atoms with Crippen LogP contribution in [0.4, 0.5) is 5.69 Å². The van der Waals surface area contributed by atoms with Crippen molar-refractivity contribution in [2.75, 3.05) is 5.73 Å². The summed E-state index contributed by atoms with van der Waals surface area (Å²) in [7, 11) is 0. The lowest BCUT2D eigenvalue weighted by molar-refractivity contribution is 1.27. The van der Waals surface area contributed by atoms with Crippen molar-refractivity contribution in [2.45, 2.75) is 23.6 Å². The fourth-order valence-corrected chi connectivity index (χ4v) is 2.48. The van der Waals surface area contributed by atoms with Gasteiger partial charge in [0.25, 0.3) is 0 Å². The molecule has 0 fully saturated rings. The first-order chi connectivity index (χ1) is 7.65. The van der Waals surface area contributed by atoms with Crippen molar-refractivity contribution in [3.05, 3.63) is 53.6 Å². The summed E-state index contributed by atoms with van der Waals surface area (Å²) in [6.45, 7) is 4.27. The standard InChI is InChI=1S/C14H15NS/c1-10-6-7-14(8-11(10)2)16-13-5-3-4-12(15)9-13/h3-9H,15H2,1-2H3. The van der Waals surface area contributed by atoms with E-state index in [2.05, 4.69) is 38.1 Å². The molecule has 2 aromatic carbocycles. The van der Waals surface area contributed by atoms with Crippen molar-refractivity contribution in [3.63, 3.8) is 0 Å². The lowest BCUT2D eigenvalue weighted by Gasteiger charge is -2.05. The van der Waals surface area contributed by atoms with E-state index in [-0.39, 0.29) is 0 Å². The molecule has 0 aliphatic rings. The van der Waals surface area contributed by atoms with Crippen molar-refractivity contribution >= 4 is 17.4 Å². The third kappa shape index (κ3) is 2.58. The number of rotatable bonds is 2. The Morgan fingerprint density at radius 1 is 0.875 bits per heavy atom. The van der Waals surface area contributed by atoms with Crippen LogP contribution in [0.25, 0.3) is 0 Å². The number of anilines is 1. The molecule has 0 spiro atoms. The fourth-order valence-electron chi connectivity index (χ4n) is 1.49. The van der Waals surface area contributed by atoms with Gasteiger partial charge in [-0.3, -0.25) is 0 Å². The van der Waals surface area contributed by atoms with Gasteiger partial charge in [0.15, 0.2) is 0 Å². The average molecular weight is 229 g/mol. The van der Waals surface area contributed by atoms with Crippen LogP contribution in [0.1, 0.15) is 11.1 Å². The van der Waals surface area contributed by atoms with Crippen molar-refractivity contribution in [2.24, 2.45) is 0 Å². The lowest BCUT2D eigenvalue weighted by atomic mass is 10.1. The minimum absolute atomic E-state index is 0.814. The van der Waals surface area contributed by atoms with Gasteiger partial charge in [0.2, 0.25) is 0 Å². The van der Waals surface area contributed by atoms with Crippen molar-refractivity contribution in [3.8, 4) is 0 Å². The van der Waals surface area contributed by atoms with E-state index in [4.69, 9.17) is 5.73 Å². The second kappa shape index (κ2) is 4.62. The molecule has 0 amide bonds. The average Bonchev–Trinajstić information content (AvgIpc) is 2.24. The molecule has 2 N–H and O–H groups in total. The van der Waals surface area contributed by atoms with Gasteiger partial charge in [-0.2, -0.15) is 0 Å². The molecule has 82 valence electrons. The normalized spacial score (nSPS) is 10.4. The molecule has 0 aliphatic carbocycles. The van der Waals surface area contributed by atoms with Crippen LogP contribution in [0, 0.1) is 13.8 Å². The molecule has 0 radical (unpaired) electrons. The van der Waals surface area contributed by atoms with Crippen molar-refractivity contribution in [1.82, 2.24) is 0 Å². The zero-order chi connectivity index (χ0) is 11.5. The third-order valence-electron chi connectivity index (χ3n) is 2.57. The number of nitrogens with two attached hydrogens (primary N) is 1. The SMILES string of the molecule is Cc1ccc(Sc2cccc(N)c2)cc1C. The van der Waals surface area contributed by atoms with Gasteiger partial charge < -0.3 is 5.73 Å². The molecule has 0 bridgehead atoms. The predicted octanol–water partition coefficient (Wildman–Crippen LogP) is 4.04. The Kier molecular flexibility index (Phi) is 3.20. The molecule has 2 rings (SSSR count). The molecule has 0 aromatic heterocycles. The molecule has 2 aromatic rings. The van der Waals surface area contributed by atoms with E-state index in [1.807, 2.05) is 18.2 Å². The molecule has 0 atom stereocenters. The molecule has 0 saturated heterocycles. The van der Waals surface area contributed by atoms with E-state index in [0.717, 1.165) is 5.69 Å². The predicted molar refractivity (Wildman–Crippen MR) is 70.9 cm³/mol. The molecular weight excluding hydrogens is 214 g/mol. The number of nitrogen functional groups attached to an aromatic ring is 1. The monoisotopic (exact) mass is 229 g/mol. The Morgan fingerprint density at radius 2 is 1.62 bits per heavy atom. The molecule has 0 unspecified atom stereocenters. The summed E-state index contributed by atoms with van der Waals surface area (Å²) >= 11 is 1.74. The molecule has 2 heteroatoms. The largest absolute Gasteiger partial charge is 0.399 e. The third-order valence-corrected chi connectivity index (χ3v) is 3.55. The maximum atomic E-state index is 5.75. The van der Waals surface area contributed by atoms with Crippen LogP contribution in [0.5, 0.6) is 0 Å². The van der Waals surface area contributed by atoms with Crippen molar-refractivity contribution in [1.29, 1.82) is 0 Å². The summed E-state index contributed by atoms with van der Waals surface area (Å²) in [6, 6.07) is 14.5. The Balaban J connectivity index is 2.24. The van der Waals surface area contributed by atoms with Crippen LogP contribution in [0.15, 0.2) is 52.3 Å². The molecule has 0 heterocycles. The zero-order valence-electron chi connectivity index (χ0n) is 9.53. The maximum Gasteiger partial charge on any atom is 0.0325 e.